The van der Waals surface area contributed by atoms with E-state index in [1.165, 1.54) is 21.6 Å². The molecular formula is C23H26N5NaO7S. The maximum absolute atomic E-state index is 13.3. The molecule has 192 valence electrons. The van der Waals surface area contributed by atoms with Crippen LogP contribution in [0.15, 0.2) is 30.3 Å². The molecule has 0 spiro atoms. The number of nitrogens with one attached hydrogen (secondary N) is 2. The van der Waals surface area contributed by atoms with E-state index in [4.69, 9.17) is 0 Å². The first kappa shape index (κ1) is 29.0. The van der Waals surface area contributed by atoms with E-state index < -0.39 is 63.9 Å². The molecular weight excluding hydrogens is 513 g/mol. The Labute approximate surface area is 239 Å². The largest absolute Gasteiger partial charge is 1.00 e. The zero-order chi connectivity index (χ0) is 26.4. The van der Waals surface area contributed by atoms with Gasteiger partial charge in [0.15, 0.2) is 0 Å². The molecule has 0 saturated carbocycles. The number of likely N-dealkylation sites (N-methyl/N-ethyl adjacent to an activating group) is 1. The molecule has 0 aliphatic carbocycles. The monoisotopic (exact) mass is 539 g/mol. The molecule has 3 unspecified atom stereocenters. The van der Waals surface area contributed by atoms with Gasteiger partial charge < -0.3 is 30.3 Å². The molecule has 3 saturated heterocycles. The molecule has 1 aromatic rings. The van der Waals surface area contributed by atoms with Gasteiger partial charge >= 0.3 is 47.4 Å². The summed E-state index contributed by atoms with van der Waals surface area (Å²) in [5.74, 6) is -4.44. The van der Waals surface area contributed by atoms with Crippen molar-refractivity contribution in [3.05, 3.63) is 35.9 Å². The number of aliphatic carboxylic acids is 1. The van der Waals surface area contributed by atoms with Crippen LogP contribution < -0.4 is 45.3 Å². The van der Waals surface area contributed by atoms with Crippen LogP contribution in [-0.2, 0) is 24.0 Å². The van der Waals surface area contributed by atoms with Crippen LogP contribution >= 0.6 is 11.8 Å². The average molecular weight is 540 g/mol. The Morgan fingerprint density at radius 1 is 1.11 bits per heavy atom. The quantitative estimate of drug-likeness (QED) is 0.208. The molecule has 14 heteroatoms. The fourth-order valence-electron chi connectivity index (χ4n) is 4.68. The van der Waals surface area contributed by atoms with Crippen LogP contribution in [0.2, 0.25) is 0 Å². The molecule has 3 fully saturated rings. The summed E-state index contributed by atoms with van der Waals surface area (Å²) < 4.78 is -0.820. The SMILES string of the molecule is CCN1CCN(C(=O)NC(C(=O)N[C@@H]2C(=O)N3C2SC(C)(C)C3C(=O)[O-])c2ccccc2)C(=O)C1=O.[Na+]. The Morgan fingerprint density at radius 3 is 2.35 bits per heavy atom. The number of imide groups is 1. The van der Waals surface area contributed by atoms with E-state index in [1.807, 2.05) is 0 Å². The number of piperazine rings is 1. The summed E-state index contributed by atoms with van der Waals surface area (Å²) >= 11 is 1.24. The minimum Gasteiger partial charge on any atom is -0.548 e. The number of thioether (sulfide) groups is 1. The molecule has 2 N–H and O–H groups in total. The predicted molar refractivity (Wildman–Crippen MR) is 125 cm³/mol. The molecule has 0 radical (unpaired) electrons. The molecule has 3 aliphatic heterocycles. The fourth-order valence-corrected chi connectivity index (χ4v) is 6.30. The summed E-state index contributed by atoms with van der Waals surface area (Å²) in [4.78, 5) is 78.6. The normalized spacial score (nSPS) is 25.0. The number of carboxylic acid groups (broad SMARTS) is 1. The van der Waals surface area contributed by atoms with Crippen LogP contribution in [0.4, 0.5) is 4.79 Å². The Kier molecular flexibility index (Phi) is 8.62. The van der Waals surface area contributed by atoms with E-state index in [0.29, 0.717) is 12.1 Å². The summed E-state index contributed by atoms with van der Waals surface area (Å²) in [7, 11) is 0. The van der Waals surface area contributed by atoms with E-state index in [1.54, 1.807) is 51.1 Å². The van der Waals surface area contributed by atoms with Gasteiger partial charge in [-0.1, -0.05) is 30.3 Å². The van der Waals surface area contributed by atoms with Crippen molar-refractivity contribution in [3.63, 3.8) is 0 Å². The number of carboxylic acids is 1. The average Bonchev–Trinajstić information content (AvgIpc) is 3.10. The van der Waals surface area contributed by atoms with Gasteiger partial charge in [-0.25, -0.2) is 4.79 Å². The van der Waals surface area contributed by atoms with E-state index in [9.17, 15) is 33.9 Å². The van der Waals surface area contributed by atoms with Gasteiger partial charge in [-0.15, -0.1) is 11.8 Å². The number of carbonyl (C=O) groups excluding carboxylic acids is 6. The van der Waals surface area contributed by atoms with E-state index in [2.05, 4.69) is 10.6 Å². The number of nitrogens with zero attached hydrogens (tertiary/aromatic N) is 3. The first-order valence-electron chi connectivity index (χ1n) is 11.5. The van der Waals surface area contributed by atoms with E-state index >= 15 is 0 Å². The zero-order valence-electron chi connectivity index (χ0n) is 20.9. The molecule has 6 amide bonds. The summed E-state index contributed by atoms with van der Waals surface area (Å²) in [5.41, 5.74) is 0.393. The standard InChI is InChI=1S/C23H27N5O7S.Na/c1-4-26-10-11-27(19(32)18(26)31)22(35)25-13(12-8-6-5-7-9-12)16(29)24-14-17(30)28-15(21(33)34)23(2,3)36-20(14)28;/h5-9,13-15,20H,4,10-11H2,1-3H3,(H,24,29)(H,25,35)(H,33,34);/q;+1/p-1/t13?,14-,15?,20?;/m1./s1. The molecule has 3 aliphatic rings. The van der Waals surface area contributed by atoms with Gasteiger partial charge in [-0.05, 0) is 26.3 Å². The Bertz CT molecular complexity index is 1130. The third-order valence-electron chi connectivity index (χ3n) is 6.56. The number of rotatable bonds is 6. The predicted octanol–water partition coefficient (Wildman–Crippen LogP) is -4.57. The Morgan fingerprint density at radius 2 is 1.76 bits per heavy atom. The van der Waals surface area contributed by atoms with E-state index in [-0.39, 0.29) is 42.6 Å². The maximum Gasteiger partial charge on any atom is 1.00 e. The van der Waals surface area contributed by atoms with Crippen molar-refractivity contribution in [2.75, 3.05) is 19.6 Å². The van der Waals surface area contributed by atoms with Gasteiger partial charge in [0.2, 0.25) is 11.8 Å². The fraction of sp³-hybridized carbons (Fsp3) is 0.478. The molecule has 4 atom stereocenters. The third-order valence-corrected chi connectivity index (χ3v) is 8.13. The van der Waals surface area contributed by atoms with Crippen molar-refractivity contribution in [1.82, 2.24) is 25.3 Å². The third kappa shape index (κ3) is 5.22. The first-order chi connectivity index (χ1) is 17.0. The van der Waals surface area contributed by atoms with Crippen LogP contribution in [0.25, 0.3) is 0 Å². The molecule has 0 bridgehead atoms. The van der Waals surface area contributed by atoms with Crippen LogP contribution in [-0.4, -0.2) is 92.2 Å². The summed E-state index contributed by atoms with van der Waals surface area (Å²) in [6.45, 7) is 5.58. The summed E-state index contributed by atoms with van der Waals surface area (Å²) in [6.07, 6.45) is 0. The number of β-lactam (4-membered cyclic amide) rings is 1. The van der Waals surface area contributed by atoms with Crippen molar-refractivity contribution >= 4 is 47.4 Å². The number of urea groups is 1. The van der Waals surface area contributed by atoms with Crippen LogP contribution in [0.5, 0.6) is 0 Å². The van der Waals surface area contributed by atoms with Crippen molar-refractivity contribution in [2.45, 2.75) is 49.0 Å². The number of hydrogen-bond donors (Lipinski definition) is 2. The Hall–Kier alpha value is -2.61. The van der Waals surface area contributed by atoms with Crippen molar-refractivity contribution in [2.24, 2.45) is 0 Å². The molecule has 0 aromatic heterocycles. The van der Waals surface area contributed by atoms with Gasteiger partial charge in [-0.3, -0.25) is 24.1 Å². The second-order valence-electron chi connectivity index (χ2n) is 9.20. The van der Waals surface area contributed by atoms with Crippen molar-refractivity contribution < 1.29 is 63.4 Å². The van der Waals surface area contributed by atoms with Gasteiger partial charge in [0, 0.05) is 24.4 Å². The molecule has 12 nitrogen and oxygen atoms in total. The maximum atomic E-state index is 13.3. The molecule has 1 aromatic carbocycles. The number of benzene rings is 1. The summed E-state index contributed by atoms with van der Waals surface area (Å²) in [5, 5.41) is 16.1. The second kappa shape index (κ2) is 11.0. The van der Waals surface area contributed by atoms with Gasteiger partial charge in [0.05, 0.1) is 12.0 Å². The number of carbonyl (C=O) groups is 6. The number of hydrogen-bond acceptors (Lipinski definition) is 8. The molecule has 3 heterocycles. The minimum atomic E-state index is -1.37. The van der Waals surface area contributed by atoms with Crippen LogP contribution in [0.1, 0.15) is 32.4 Å². The number of fused-ring (bicyclic) bond motifs is 1. The van der Waals surface area contributed by atoms with Gasteiger partial charge in [-0.2, -0.15) is 0 Å². The van der Waals surface area contributed by atoms with Crippen LogP contribution in [0, 0.1) is 0 Å². The van der Waals surface area contributed by atoms with Gasteiger partial charge in [0.1, 0.15) is 17.5 Å². The van der Waals surface area contributed by atoms with Gasteiger partial charge in [0.25, 0.3) is 0 Å². The molecule has 4 rings (SSSR count). The topological polar surface area (TPSA) is 159 Å². The smallest absolute Gasteiger partial charge is 0.548 e. The minimum absolute atomic E-state index is 0. The van der Waals surface area contributed by atoms with Crippen molar-refractivity contribution in [3.8, 4) is 0 Å². The second-order valence-corrected chi connectivity index (χ2v) is 11.0. The molecule has 37 heavy (non-hydrogen) atoms. The van der Waals surface area contributed by atoms with E-state index in [0.717, 1.165) is 4.90 Å². The van der Waals surface area contributed by atoms with Crippen molar-refractivity contribution in [1.29, 1.82) is 0 Å². The Balaban J connectivity index is 0.00000380. The summed E-state index contributed by atoms with van der Waals surface area (Å²) in [6, 6.07) is 3.92. The number of amides is 6. The zero-order valence-corrected chi connectivity index (χ0v) is 23.7. The van der Waals surface area contributed by atoms with Crippen LogP contribution in [0.3, 0.4) is 0 Å². The first-order valence-corrected chi connectivity index (χ1v) is 12.3.